The zero-order valence-electron chi connectivity index (χ0n) is 8.47. The minimum Gasteiger partial charge on any atom is -0.358 e. The number of nitro groups is 1. The van der Waals surface area contributed by atoms with E-state index in [1.54, 1.807) is 12.3 Å². The smallest absolute Gasteiger partial charge is 0.352 e. The highest BCUT2D eigenvalue weighted by atomic mass is 16.6. The van der Waals surface area contributed by atoms with Crippen LogP contribution < -0.4 is 0 Å². The summed E-state index contributed by atoms with van der Waals surface area (Å²) in [6, 6.07) is 1.72. The molecule has 0 unspecified atom stereocenters. The Hall–Kier alpha value is -1.98. The van der Waals surface area contributed by atoms with Crippen molar-refractivity contribution in [2.45, 2.75) is 20.3 Å². The third-order valence-corrected chi connectivity index (χ3v) is 2.19. The lowest BCUT2D eigenvalue weighted by molar-refractivity contribution is -0.391. The first-order valence-electron chi connectivity index (χ1n) is 4.62. The fourth-order valence-electron chi connectivity index (χ4n) is 1.48. The highest BCUT2D eigenvalue weighted by Gasteiger charge is 2.21. The monoisotopic (exact) mass is 206 g/mol. The molecule has 0 saturated heterocycles. The average Bonchev–Trinajstić information content (AvgIpc) is 2.54. The lowest BCUT2D eigenvalue weighted by Crippen LogP contribution is -1.97. The first kappa shape index (κ1) is 9.57. The van der Waals surface area contributed by atoms with Crippen molar-refractivity contribution >= 4 is 11.6 Å². The summed E-state index contributed by atoms with van der Waals surface area (Å²) < 4.78 is 1.41. The first-order chi connectivity index (χ1) is 7.13. The quantitative estimate of drug-likeness (QED) is 0.551. The van der Waals surface area contributed by atoms with Gasteiger partial charge in [-0.3, -0.25) is 0 Å². The van der Waals surface area contributed by atoms with E-state index in [0.29, 0.717) is 17.9 Å². The molecule has 0 N–H and O–H groups in total. The van der Waals surface area contributed by atoms with Crippen molar-refractivity contribution in [1.29, 1.82) is 0 Å². The van der Waals surface area contributed by atoms with Gasteiger partial charge in [-0.15, -0.1) is 0 Å². The van der Waals surface area contributed by atoms with E-state index in [9.17, 15) is 10.1 Å². The predicted octanol–water partition coefficient (Wildman–Crippen LogP) is 1.51. The molecule has 2 aromatic rings. The summed E-state index contributed by atoms with van der Waals surface area (Å²) in [5, 5.41) is 10.9. The van der Waals surface area contributed by atoms with Gasteiger partial charge in [0, 0.05) is 5.69 Å². The Morgan fingerprint density at radius 1 is 1.53 bits per heavy atom. The molecule has 0 spiro atoms. The van der Waals surface area contributed by atoms with Crippen LogP contribution in [0.1, 0.15) is 18.3 Å². The third-order valence-electron chi connectivity index (χ3n) is 2.19. The summed E-state index contributed by atoms with van der Waals surface area (Å²) in [5.74, 6) is 0.401. The summed E-state index contributed by atoms with van der Waals surface area (Å²) in [4.78, 5) is 18.7. The Bertz CT molecular complexity index is 532. The van der Waals surface area contributed by atoms with Crippen LogP contribution in [0.15, 0.2) is 12.3 Å². The SMILES string of the molecule is CCc1nc2nc(C)ccn2c1[N+](=O)[O-]. The van der Waals surface area contributed by atoms with E-state index in [4.69, 9.17) is 0 Å². The topological polar surface area (TPSA) is 73.3 Å². The van der Waals surface area contributed by atoms with Crippen LogP contribution in [0.5, 0.6) is 0 Å². The van der Waals surface area contributed by atoms with Gasteiger partial charge in [0.2, 0.25) is 0 Å². The second kappa shape index (κ2) is 3.30. The number of fused-ring (bicyclic) bond motifs is 1. The van der Waals surface area contributed by atoms with Gasteiger partial charge in [-0.2, -0.15) is 14.4 Å². The first-order valence-corrected chi connectivity index (χ1v) is 4.62. The Morgan fingerprint density at radius 3 is 2.87 bits per heavy atom. The molecule has 0 amide bonds. The van der Waals surface area contributed by atoms with Crippen molar-refractivity contribution in [3.05, 3.63) is 33.8 Å². The van der Waals surface area contributed by atoms with E-state index in [1.165, 1.54) is 4.40 Å². The molecule has 2 heterocycles. The molecule has 78 valence electrons. The molecule has 0 aliphatic rings. The molecule has 0 aliphatic carbocycles. The summed E-state index contributed by atoms with van der Waals surface area (Å²) in [5.41, 5.74) is 1.27. The number of hydrogen-bond acceptors (Lipinski definition) is 4. The Labute approximate surface area is 85.7 Å². The Kier molecular flexibility index (Phi) is 2.11. The number of rotatable bonds is 2. The fraction of sp³-hybridized carbons (Fsp3) is 0.333. The molecule has 0 bridgehead atoms. The van der Waals surface area contributed by atoms with Crippen molar-refractivity contribution in [3.8, 4) is 0 Å². The molecule has 2 rings (SSSR count). The number of nitrogens with zero attached hydrogens (tertiary/aromatic N) is 4. The summed E-state index contributed by atoms with van der Waals surface area (Å²) in [7, 11) is 0. The van der Waals surface area contributed by atoms with Crippen molar-refractivity contribution < 1.29 is 4.92 Å². The molecule has 0 radical (unpaired) electrons. The number of aromatic nitrogens is 3. The van der Waals surface area contributed by atoms with Crippen LogP contribution in [0.25, 0.3) is 5.78 Å². The molecular formula is C9H10N4O2. The van der Waals surface area contributed by atoms with Crippen LogP contribution in [0, 0.1) is 17.0 Å². The van der Waals surface area contributed by atoms with Crippen LogP contribution in [-0.2, 0) is 6.42 Å². The zero-order chi connectivity index (χ0) is 11.0. The van der Waals surface area contributed by atoms with E-state index in [2.05, 4.69) is 9.97 Å². The second-order valence-corrected chi connectivity index (χ2v) is 3.23. The van der Waals surface area contributed by atoms with E-state index < -0.39 is 4.92 Å². The van der Waals surface area contributed by atoms with Gasteiger partial charge in [0.15, 0.2) is 0 Å². The van der Waals surface area contributed by atoms with Gasteiger partial charge < -0.3 is 10.1 Å². The molecule has 6 nitrogen and oxygen atoms in total. The number of hydrogen-bond donors (Lipinski definition) is 0. The van der Waals surface area contributed by atoms with Crippen molar-refractivity contribution in [2.75, 3.05) is 0 Å². The third kappa shape index (κ3) is 1.43. The van der Waals surface area contributed by atoms with Gasteiger partial charge in [0.05, 0.1) is 0 Å². The van der Waals surface area contributed by atoms with Crippen LogP contribution in [0.4, 0.5) is 5.82 Å². The maximum absolute atomic E-state index is 10.9. The van der Waals surface area contributed by atoms with Crippen LogP contribution in [-0.4, -0.2) is 19.3 Å². The number of imidazole rings is 1. The minimum atomic E-state index is -0.421. The predicted molar refractivity (Wildman–Crippen MR) is 53.8 cm³/mol. The molecule has 0 fully saturated rings. The zero-order valence-corrected chi connectivity index (χ0v) is 8.47. The lowest BCUT2D eigenvalue weighted by Gasteiger charge is -1.94. The summed E-state index contributed by atoms with van der Waals surface area (Å²) >= 11 is 0. The molecule has 0 saturated carbocycles. The molecule has 0 aliphatic heterocycles. The number of aryl methyl sites for hydroxylation is 2. The molecular weight excluding hydrogens is 196 g/mol. The van der Waals surface area contributed by atoms with Crippen molar-refractivity contribution in [2.24, 2.45) is 0 Å². The maximum Gasteiger partial charge on any atom is 0.352 e. The maximum atomic E-state index is 10.9. The second-order valence-electron chi connectivity index (χ2n) is 3.23. The van der Waals surface area contributed by atoms with E-state index >= 15 is 0 Å². The van der Waals surface area contributed by atoms with Gasteiger partial charge in [0.1, 0.15) is 11.9 Å². The molecule has 15 heavy (non-hydrogen) atoms. The van der Waals surface area contributed by atoms with E-state index in [0.717, 1.165) is 5.69 Å². The summed E-state index contributed by atoms with van der Waals surface area (Å²) in [6.07, 6.45) is 2.15. The highest BCUT2D eigenvalue weighted by molar-refractivity contribution is 5.44. The van der Waals surface area contributed by atoms with Gasteiger partial charge in [-0.25, -0.2) is 0 Å². The average molecular weight is 206 g/mol. The minimum absolute atomic E-state index is 0.0139. The summed E-state index contributed by atoms with van der Waals surface area (Å²) in [6.45, 7) is 3.66. The van der Waals surface area contributed by atoms with Crippen LogP contribution in [0.3, 0.4) is 0 Å². The fourth-order valence-corrected chi connectivity index (χ4v) is 1.48. The largest absolute Gasteiger partial charge is 0.358 e. The standard InChI is InChI=1S/C9H10N4O2/c1-3-7-8(13(14)15)12-5-4-6(2)10-9(12)11-7/h4-5H,3H2,1-2H3. The van der Waals surface area contributed by atoms with Crippen LogP contribution >= 0.6 is 0 Å². The van der Waals surface area contributed by atoms with Gasteiger partial charge in [0.25, 0.3) is 0 Å². The van der Waals surface area contributed by atoms with Gasteiger partial charge in [-0.05, 0) is 24.3 Å². The Balaban J connectivity index is 2.80. The normalized spacial score (nSPS) is 10.8. The highest BCUT2D eigenvalue weighted by Crippen LogP contribution is 2.19. The van der Waals surface area contributed by atoms with E-state index in [1.807, 2.05) is 13.8 Å². The molecule has 2 aromatic heterocycles. The lowest BCUT2D eigenvalue weighted by atomic mass is 10.3. The van der Waals surface area contributed by atoms with E-state index in [-0.39, 0.29) is 5.82 Å². The molecule has 0 atom stereocenters. The van der Waals surface area contributed by atoms with Gasteiger partial charge >= 0.3 is 11.6 Å². The van der Waals surface area contributed by atoms with Crippen molar-refractivity contribution in [3.63, 3.8) is 0 Å². The Morgan fingerprint density at radius 2 is 2.27 bits per heavy atom. The molecule has 6 heteroatoms. The van der Waals surface area contributed by atoms with Gasteiger partial charge in [-0.1, -0.05) is 6.92 Å². The molecule has 0 aromatic carbocycles. The van der Waals surface area contributed by atoms with Crippen molar-refractivity contribution in [1.82, 2.24) is 14.4 Å². The van der Waals surface area contributed by atoms with Crippen LogP contribution in [0.2, 0.25) is 0 Å².